The first kappa shape index (κ1) is 15.8. The molecule has 2 aromatic rings. The molecule has 0 fully saturated rings. The normalized spacial score (nSPS) is 16.6. The van der Waals surface area contributed by atoms with E-state index < -0.39 is 0 Å². The van der Waals surface area contributed by atoms with Crippen LogP contribution in [0.25, 0.3) is 11.1 Å². The number of hydrogen-bond acceptors (Lipinski definition) is 1. The Labute approximate surface area is 140 Å². The molecular formula is C22H25N. The van der Waals surface area contributed by atoms with Gasteiger partial charge in [0.05, 0.1) is 11.6 Å². The highest BCUT2D eigenvalue weighted by Crippen LogP contribution is 2.32. The third-order valence-corrected chi connectivity index (χ3v) is 5.10. The Morgan fingerprint density at radius 2 is 1.78 bits per heavy atom. The second kappa shape index (κ2) is 7.47. The minimum Gasteiger partial charge on any atom is -0.192 e. The van der Waals surface area contributed by atoms with Crippen LogP contribution in [-0.2, 0) is 12.8 Å². The van der Waals surface area contributed by atoms with Crippen LogP contribution in [-0.4, -0.2) is 0 Å². The van der Waals surface area contributed by atoms with E-state index >= 15 is 0 Å². The number of rotatable bonds is 5. The van der Waals surface area contributed by atoms with Gasteiger partial charge in [-0.05, 0) is 59.6 Å². The van der Waals surface area contributed by atoms with E-state index in [-0.39, 0.29) is 0 Å². The van der Waals surface area contributed by atoms with E-state index in [2.05, 4.69) is 43.3 Å². The van der Waals surface area contributed by atoms with E-state index in [1.165, 1.54) is 61.6 Å². The van der Waals surface area contributed by atoms with E-state index in [9.17, 15) is 0 Å². The van der Waals surface area contributed by atoms with Gasteiger partial charge in [-0.2, -0.15) is 5.26 Å². The molecule has 0 aromatic heterocycles. The molecule has 1 atom stereocenters. The zero-order valence-corrected chi connectivity index (χ0v) is 14.0. The van der Waals surface area contributed by atoms with Gasteiger partial charge in [0.2, 0.25) is 0 Å². The number of unbranched alkanes of at least 4 members (excludes halogenated alkanes) is 2. The molecular weight excluding hydrogens is 278 g/mol. The summed E-state index contributed by atoms with van der Waals surface area (Å²) in [5, 5.41) is 8.91. The van der Waals surface area contributed by atoms with Crippen LogP contribution in [0.1, 0.15) is 55.7 Å². The van der Waals surface area contributed by atoms with Gasteiger partial charge >= 0.3 is 0 Å². The molecule has 23 heavy (non-hydrogen) atoms. The molecule has 0 N–H and O–H groups in total. The maximum absolute atomic E-state index is 8.91. The van der Waals surface area contributed by atoms with Crippen LogP contribution in [0.5, 0.6) is 0 Å². The summed E-state index contributed by atoms with van der Waals surface area (Å²) in [7, 11) is 0. The molecule has 0 aliphatic heterocycles. The summed E-state index contributed by atoms with van der Waals surface area (Å²) in [5.74, 6) is 0.884. The lowest BCUT2D eigenvalue weighted by atomic mass is 9.80. The van der Waals surface area contributed by atoms with Crippen LogP contribution in [0.3, 0.4) is 0 Å². The van der Waals surface area contributed by atoms with E-state index in [0.717, 1.165) is 11.5 Å². The third-order valence-electron chi connectivity index (χ3n) is 5.10. The monoisotopic (exact) mass is 303 g/mol. The number of aryl methyl sites for hydroxylation is 1. The van der Waals surface area contributed by atoms with E-state index in [0.29, 0.717) is 0 Å². The largest absolute Gasteiger partial charge is 0.192 e. The fourth-order valence-electron chi connectivity index (χ4n) is 3.68. The van der Waals surface area contributed by atoms with Gasteiger partial charge in [0.1, 0.15) is 0 Å². The smallest absolute Gasteiger partial charge is 0.0991 e. The Hall–Kier alpha value is -2.07. The zero-order valence-electron chi connectivity index (χ0n) is 14.0. The molecule has 0 radical (unpaired) electrons. The second-order valence-corrected chi connectivity index (χ2v) is 6.78. The number of nitriles is 1. The highest BCUT2D eigenvalue weighted by molar-refractivity contribution is 5.66. The highest BCUT2D eigenvalue weighted by atomic mass is 14.2. The quantitative estimate of drug-likeness (QED) is 0.630. The van der Waals surface area contributed by atoms with Crippen molar-refractivity contribution in [3.8, 4) is 17.2 Å². The summed E-state index contributed by atoms with van der Waals surface area (Å²) in [4.78, 5) is 0. The summed E-state index contributed by atoms with van der Waals surface area (Å²) in [6.07, 6.45) is 9.29. The molecule has 2 aromatic carbocycles. The molecule has 1 nitrogen and oxygen atoms in total. The summed E-state index contributed by atoms with van der Waals surface area (Å²) in [5.41, 5.74) is 6.28. The van der Waals surface area contributed by atoms with Crippen molar-refractivity contribution < 1.29 is 0 Å². The average molecular weight is 303 g/mol. The Morgan fingerprint density at radius 1 is 1.00 bits per heavy atom. The van der Waals surface area contributed by atoms with Gasteiger partial charge in [0.25, 0.3) is 0 Å². The summed E-state index contributed by atoms with van der Waals surface area (Å²) >= 11 is 0. The number of nitrogens with zero attached hydrogens (tertiary/aromatic N) is 1. The lowest BCUT2D eigenvalue weighted by Gasteiger charge is -2.25. The van der Waals surface area contributed by atoms with Crippen molar-refractivity contribution in [1.29, 1.82) is 5.26 Å². The minimum absolute atomic E-state index is 0.724. The molecule has 0 bridgehead atoms. The van der Waals surface area contributed by atoms with Crippen LogP contribution in [0.2, 0.25) is 0 Å². The van der Waals surface area contributed by atoms with Crippen LogP contribution >= 0.6 is 0 Å². The molecule has 118 valence electrons. The van der Waals surface area contributed by atoms with Gasteiger partial charge in [-0.15, -0.1) is 0 Å². The summed E-state index contributed by atoms with van der Waals surface area (Å²) in [6, 6.07) is 17.0. The first-order valence-electron chi connectivity index (χ1n) is 8.92. The summed E-state index contributed by atoms with van der Waals surface area (Å²) < 4.78 is 0. The topological polar surface area (TPSA) is 23.8 Å². The van der Waals surface area contributed by atoms with Crippen LogP contribution in [0.4, 0.5) is 0 Å². The standard InChI is InChI=1S/C22H25N/c1-2-3-4-5-17-6-11-22-15-21(13-12-20(22)14-17)19-9-7-18(16-23)8-10-19/h7-10,12-13,15,17H,2-6,11,14H2,1H3. The lowest BCUT2D eigenvalue weighted by Crippen LogP contribution is -2.14. The molecule has 1 aliphatic carbocycles. The van der Waals surface area contributed by atoms with Gasteiger partial charge < -0.3 is 0 Å². The number of fused-ring (bicyclic) bond motifs is 1. The van der Waals surface area contributed by atoms with Gasteiger partial charge in [-0.25, -0.2) is 0 Å². The van der Waals surface area contributed by atoms with Crippen LogP contribution in [0.15, 0.2) is 42.5 Å². The fraction of sp³-hybridized carbons (Fsp3) is 0.409. The van der Waals surface area contributed by atoms with E-state index in [1.807, 2.05) is 12.1 Å². The molecule has 0 amide bonds. The lowest BCUT2D eigenvalue weighted by molar-refractivity contribution is 0.408. The van der Waals surface area contributed by atoms with Gasteiger partial charge in [0.15, 0.2) is 0 Å². The predicted molar refractivity (Wildman–Crippen MR) is 96.3 cm³/mol. The maximum Gasteiger partial charge on any atom is 0.0991 e. The first-order chi connectivity index (χ1) is 11.3. The molecule has 1 aliphatic rings. The van der Waals surface area contributed by atoms with E-state index in [4.69, 9.17) is 5.26 Å². The van der Waals surface area contributed by atoms with Crippen molar-refractivity contribution in [2.24, 2.45) is 5.92 Å². The number of benzene rings is 2. The summed E-state index contributed by atoms with van der Waals surface area (Å²) in [6.45, 7) is 2.28. The van der Waals surface area contributed by atoms with Gasteiger partial charge in [-0.1, -0.05) is 62.9 Å². The van der Waals surface area contributed by atoms with Crippen molar-refractivity contribution in [3.63, 3.8) is 0 Å². The Morgan fingerprint density at radius 3 is 2.52 bits per heavy atom. The second-order valence-electron chi connectivity index (χ2n) is 6.78. The van der Waals surface area contributed by atoms with Crippen LogP contribution < -0.4 is 0 Å². The van der Waals surface area contributed by atoms with Crippen molar-refractivity contribution in [2.75, 3.05) is 0 Å². The zero-order chi connectivity index (χ0) is 16.1. The van der Waals surface area contributed by atoms with Crippen molar-refractivity contribution >= 4 is 0 Å². The molecule has 1 heteroatoms. The Balaban J connectivity index is 1.72. The molecule has 3 rings (SSSR count). The molecule has 0 saturated carbocycles. The molecule has 0 spiro atoms. The average Bonchev–Trinajstić information content (AvgIpc) is 2.61. The first-order valence-corrected chi connectivity index (χ1v) is 8.92. The highest BCUT2D eigenvalue weighted by Gasteiger charge is 2.18. The third kappa shape index (κ3) is 3.82. The van der Waals surface area contributed by atoms with E-state index in [1.54, 1.807) is 5.56 Å². The van der Waals surface area contributed by atoms with Crippen LogP contribution in [0, 0.1) is 17.2 Å². The molecule has 1 unspecified atom stereocenters. The Kier molecular flexibility index (Phi) is 5.13. The van der Waals surface area contributed by atoms with Gasteiger partial charge in [-0.3, -0.25) is 0 Å². The van der Waals surface area contributed by atoms with Gasteiger partial charge in [0, 0.05) is 0 Å². The minimum atomic E-state index is 0.724. The number of hydrogen-bond donors (Lipinski definition) is 0. The molecule has 0 saturated heterocycles. The van der Waals surface area contributed by atoms with Crippen molar-refractivity contribution in [2.45, 2.75) is 51.9 Å². The van der Waals surface area contributed by atoms with Crippen molar-refractivity contribution in [1.82, 2.24) is 0 Å². The maximum atomic E-state index is 8.91. The SMILES string of the molecule is CCCCCC1CCc2cc(-c3ccc(C#N)cc3)ccc2C1. The Bertz CT molecular complexity index is 691. The fourth-order valence-corrected chi connectivity index (χ4v) is 3.68. The predicted octanol–water partition coefficient (Wildman–Crippen LogP) is 5.91. The van der Waals surface area contributed by atoms with Crippen molar-refractivity contribution in [3.05, 3.63) is 59.2 Å². The molecule has 0 heterocycles.